The molecule has 3 aromatic rings. The van der Waals surface area contributed by atoms with E-state index in [0.717, 1.165) is 28.3 Å². The molecule has 128 valence electrons. The molecule has 0 saturated carbocycles. The summed E-state index contributed by atoms with van der Waals surface area (Å²) in [6, 6.07) is 13.6. The van der Waals surface area contributed by atoms with Gasteiger partial charge in [-0.3, -0.25) is 4.79 Å². The predicted octanol–water partition coefficient (Wildman–Crippen LogP) is 4.23. The number of rotatable bonds is 6. The van der Waals surface area contributed by atoms with Gasteiger partial charge in [0, 0.05) is 16.6 Å². The molecular formula is C19H19N3O2S. The fourth-order valence-corrected chi connectivity index (χ4v) is 2.92. The zero-order chi connectivity index (χ0) is 17.6. The van der Waals surface area contributed by atoms with Gasteiger partial charge < -0.3 is 10.1 Å². The summed E-state index contributed by atoms with van der Waals surface area (Å²) in [5, 5.41) is 8.78. The molecular weight excluding hydrogens is 334 g/mol. The van der Waals surface area contributed by atoms with Crippen molar-refractivity contribution in [3.63, 3.8) is 0 Å². The van der Waals surface area contributed by atoms with E-state index in [9.17, 15) is 4.79 Å². The first-order valence-corrected chi connectivity index (χ1v) is 8.83. The van der Waals surface area contributed by atoms with Crippen LogP contribution in [0.2, 0.25) is 0 Å². The first-order valence-electron chi connectivity index (χ1n) is 7.99. The third-order valence-electron chi connectivity index (χ3n) is 3.74. The molecule has 1 aromatic heterocycles. The van der Waals surface area contributed by atoms with Crippen LogP contribution in [0.15, 0.2) is 47.8 Å². The summed E-state index contributed by atoms with van der Waals surface area (Å²) in [6.45, 7) is 4.39. The number of hydrogen-bond donors (Lipinski definition) is 1. The van der Waals surface area contributed by atoms with Gasteiger partial charge in [-0.25, -0.2) is 0 Å². The molecule has 0 aliphatic carbocycles. The van der Waals surface area contributed by atoms with E-state index in [1.165, 1.54) is 17.1 Å². The second-order valence-corrected chi connectivity index (χ2v) is 6.39. The SMILES string of the molecule is Cc1ccc(OCCC(=O)Nc2ccc(-c3csnn3)cc2)c(C)c1. The third-order valence-corrected chi connectivity index (χ3v) is 4.25. The van der Waals surface area contributed by atoms with Crippen molar-refractivity contribution in [1.82, 2.24) is 9.59 Å². The quantitative estimate of drug-likeness (QED) is 0.720. The van der Waals surface area contributed by atoms with Gasteiger partial charge in [0.25, 0.3) is 0 Å². The third kappa shape index (κ3) is 4.64. The van der Waals surface area contributed by atoms with Gasteiger partial charge in [0.1, 0.15) is 11.4 Å². The summed E-state index contributed by atoms with van der Waals surface area (Å²) >= 11 is 1.31. The van der Waals surface area contributed by atoms with Crippen LogP contribution >= 0.6 is 11.5 Å². The Labute approximate surface area is 150 Å². The summed E-state index contributed by atoms with van der Waals surface area (Å²) in [7, 11) is 0. The van der Waals surface area contributed by atoms with Gasteiger partial charge in [0.2, 0.25) is 5.91 Å². The maximum absolute atomic E-state index is 12.0. The van der Waals surface area contributed by atoms with Crippen LogP contribution in [0.1, 0.15) is 17.5 Å². The van der Waals surface area contributed by atoms with E-state index in [1.807, 2.05) is 55.6 Å². The van der Waals surface area contributed by atoms with Gasteiger partial charge in [0.15, 0.2) is 0 Å². The highest BCUT2D eigenvalue weighted by molar-refractivity contribution is 7.03. The van der Waals surface area contributed by atoms with Crippen LogP contribution in [-0.2, 0) is 4.79 Å². The second kappa shape index (κ2) is 7.90. The fourth-order valence-electron chi connectivity index (χ4n) is 2.45. The van der Waals surface area contributed by atoms with Crippen molar-refractivity contribution >= 4 is 23.1 Å². The Bertz CT molecular complexity index is 846. The molecule has 3 rings (SSSR count). The molecule has 1 N–H and O–H groups in total. The lowest BCUT2D eigenvalue weighted by Gasteiger charge is -2.10. The molecule has 2 aromatic carbocycles. The molecule has 0 spiro atoms. The standard InChI is InChI=1S/C19H19N3O2S/c1-13-3-8-18(14(2)11-13)24-10-9-19(23)20-16-6-4-15(5-7-16)17-12-25-22-21-17/h3-8,11-12H,9-10H2,1-2H3,(H,20,23). The van der Waals surface area contributed by atoms with Crippen molar-refractivity contribution in [2.75, 3.05) is 11.9 Å². The Morgan fingerprint density at radius 3 is 2.64 bits per heavy atom. The molecule has 6 heteroatoms. The van der Waals surface area contributed by atoms with Gasteiger partial charge in [-0.2, -0.15) is 0 Å². The lowest BCUT2D eigenvalue weighted by molar-refractivity contribution is -0.116. The Balaban J connectivity index is 1.49. The van der Waals surface area contributed by atoms with Crippen molar-refractivity contribution in [2.24, 2.45) is 0 Å². The Kier molecular flexibility index (Phi) is 5.40. The van der Waals surface area contributed by atoms with Crippen molar-refractivity contribution in [2.45, 2.75) is 20.3 Å². The fraction of sp³-hybridized carbons (Fsp3) is 0.211. The van der Waals surface area contributed by atoms with Crippen molar-refractivity contribution in [3.8, 4) is 17.0 Å². The maximum Gasteiger partial charge on any atom is 0.227 e. The summed E-state index contributed by atoms with van der Waals surface area (Å²) in [5.74, 6) is 0.743. The van der Waals surface area contributed by atoms with E-state index in [0.29, 0.717) is 13.0 Å². The van der Waals surface area contributed by atoms with Crippen LogP contribution in [-0.4, -0.2) is 22.1 Å². The molecule has 0 fully saturated rings. The molecule has 0 saturated heterocycles. The lowest BCUT2D eigenvalue weighted by atomic mass is 10.1. The van der Waals surface area contributed by atoms with E-state index < -0.39 is 0 Å². The van der Waals surface area contributed by atoms with Crippen LogP contribution in [0.5, 0.6) is 5.75 Å². The van der Waals surface area contributed by atoms with Gasteiger partial charge in [0.05, 0.1) is 13.0 Å². The summed E-state index contributed by atoms with van der Waals surface area (Å²) in [4.78, 5) is 12.0. The highest BCUT2D eigenvalue weighted by Crippen LogP contribution is 2.21. The molecule has 0 aliphatic heterocycles. The van der Waals surface area contributed by atoms with Crippen molar-refractivity contribution in [3.05, 3.63) is 59.0 Å². The molecule has 1 heterocycles. The van der Waals surface area contributed by atoms with E-state index in [4.69, 9.17) is 4.74 Å². The molecule has 1 amide bonds. The number of nitrogens with zero attached hydrogens (tertiary/aromatic N) is 2. The zero-order valence-corrected chi connectivity index (χ0v) is 15.0. The number of benzene rings is 2. The van der Waals surface area contributed by atoms with Crippen molar-refractivity contribution in [1.29, 1.82) is 0 Å². The number of carbonyl (C=O) groups excluding carboxylic acids is 1. The number of aromatic nitrogens is 2. The zero-order valence-electron chi connectivity index (χ0n) is 14.2. The van der Waals surface area contributed by atoms with E-state index >= 15 is 0 Å². The van der Waals surface area contributed by atoms with Crippen LogP contribution in [0, 0.1) is 13.8 Å². The van der Waals surface area contributed by atoms with Crippen LogP contribution in [0.4, 0.5) is 5.69 Å². The van der Waals surface area contributed by atoms with Crippen LogP contribution in [0.25, 0.3) is 11.3 Å². The maximum atomic E-state index is 12.0. The van der Waals surface area contributed by atoms with Crippen LogP contribution < -0.4 is 10.1 Å². The molecule has 0 atom stereocenters. The van der Waals surface area contributed by atoms with Gasteiger partial charge in [-0.1, -0.05) is 34.3 Å². The minimum Gasteiger partial charge on any atom is -0.493 e. The highest BCUT2D eigenvalue weighted by atomic mass is 32.1. The number of anilines is 1. The van der Waals surface area contributed by atoms with Crippen molar-refractivity contribution < 1.29 is 9.53 Å². The second-order valence-electron chi connectivity index (χ2n) is 5.78. The number of carbonyl (C=O) groups is 1. The number of aryl methyl sites for hydroxylation is 2. The van der Waals surface area contributed by atoms with Crippen LogP contribution in [0.3, 0.4) is 0 Å². The topological polar surface area (TPSA) is 64.1 Å². The number of hydrogen-bond acceptors (Lipinski definition) is 5. The molecule has 25 heavy (non-hydrogen) atoms. The average molecular weight is 353 g/mol. The van der Waals surface area contributed by atoms with E-state index in [2.05, 4.69) is 21.0 Å². The molecule has 0 bridgehead atoms. The van der Waals surface area contributed by atoms with Gasteiger partial charge >= 0.3 is 0 Å². The number of ether oxygens (including phenoxy) is 1. The Morgan fingerprint density at radius 1 is 1.16 bits per heavy atom. The monoisotopic (exact) mass is 353 g/mol. The van der Waals surface area contributed by atoms with E-state index in [-0.39, 0.29) is 5.91 Å². The summed E-state index contributed by atoms with van der Waals surface area (Å²) < 4.78 is 9.54. The summed E-state index contributed by atoms with van der Waals surface area (Å²) in [5.41, 5.74) is 4.84. The lowest BCUT2D eigenvalue weighted by Crippen LogP contribution is -2.15. The first-order chi connectivity index (χ1) is 12.1. The molecule has 0 unspecified atom stereocenters. The predicted molar refractivity (Wildman–Crippen MR) is 100 cm³/mol. The van der Waals surface area contributed by atoms with E-state index in [1.54, 1.807) is 0 Å². The highest BCUT2D eigenvalue weighted by Gasteiger charge is 2.06. The number of amides is 1. The minimum atomic E-state index is -0.0761. The molecule has 0 aliphatic rings. The van der Waals surface area contributed by atoms with Gasteiger partial charge in [-0.05, 0) is 49.1 Å². The molecule has 5 nitrogen and oxygen atoms in total. The average Bonchev–Trinajstić information content (AvgIpc) is 3.12. The normalized spacial score (nSPS) is 10.5. The Morgan fingerprint density at radius 2 is 1.96 bits per heavy atom. The molecule has 0 radical (unpaired) electrons. The smallest absolute Gasteiger partial charge is 0.227 e. The Hall–Kier alpha value is -2.73. The van der Waals surface area contributed by atoms with Gasteiger partial charge in [-0.15, -0.1) is 5.10 Å². The minimum absolute atomic E-state index is 0.0761. The largest absolute Gasteiger partial charge is 0.493 e. The first kappa shape index (κ1) is 17.1. The summed E-state index contributed by atoms with van der Waals surface area (Å²) in [6.07, 6.45) is 0.297. The number of nitrogens with one attached hydrogen (secondary N) is 1.